The van der Waals surface area contributed by atoms with Crippen LogP contribution in [0.3, 0.4) is 0 Å². The minimum atomic E-state index is -1.01. The highest BCUT2D eigenvalue weighted by Gasteiger charge is 2.08. The summed E-state index contributed by atoms with van der Waals surface area (Å²) in [6.07, 6.45) is 1.42. The van der Waals surface area contributed by atoms with Gasteiger partial charge in [-0.05, 0) is 18.2 Å². The fourth-order valence-electron chi connectivity index (χ4n) is 1.15. The van der Waals surface area contributed by atoms with E-state index in [0.29, 0.717) is 0 Å². The average Bonchev–Trinajstić information content (AvgIpc) is 2.77. The summed E-state index contributed by atoms with van der Waals surface area (Å²) in [7, 11) is 0. The van der Waals surface area contributed by atoms with Crippen LogP contribution in [0, 0.1) is 11.6 Å². The van der Waals surface area contributed by atoms with Crippen LogP contribution in [0.15, 0.2) is 30.5 Å². The van der Waals surface area contributed by atoms with Crippen molar-refractivity contribution in [3.63, 3.8) is 0 Å². The number of rotatable bonds is 2. The molecule has 0 aliphatic carbocycles. The van der Waals surface area contributed by atoms with Crippen LogP contribution in [0.25, 0.3) is 0 Å². The number of aromatic amines is 1. The van der Waals surface area contributed by atoms with Gasteiger partial charge in [0.05, 0.1) is 0 Å². The molecule has 2 aromatic rings. The average molecular weight is 223 g/mol. The zero-order chi connectivity index (χ0) is 11.5. The lowest BCUT2D eigenvalue weighted by atomic mass is 10.3. The Morgan fingerprint density at radius 1 is 1.25 bits per heavy atom. The topological polar surface area (TPSA) is 57.8 Å². The standard InChI is InChI=1S/C10H7F2N3O/c11-7-2-1-6(5-8(7)12)14-10(16)9-3-4-13-15-9/h1-5H,(H,13,15)(H,14,16). The predicted molar refractivity (Wildman–Crippen MR) is 52.9 cm³/mol. The van der Waals surface area contributed by atoms with Gasteiger partial charge in [0, 0.05) is 18.0 Å². The lowest BCUT2D eigenvalue weighted by Crippen LogP contribution is -2.12. The molecule has 0 atom stereocenters. The second-order valence-electron chi connectivity index (χ2n) is 3.05. The van der Waals surface area contributed by atoms with Crippen molar-refractivity contribution in [1.82, 2.24) is 10.2 Å². The van der Waals surface area contributed by atoms with Gasteiger partial charge in [0.1, 0.15) is 5.69 Å². The summed E-state index contributed by atoms with van der Waals surface area (Å²) in [6.45, 7) is 0. The predicted octanol–water partition coefficient (Wildman–Crippen LogP) is 1.94. The molecule has 0 aliphatic heterocycles. The maximum Gasteiger partial charge on any atom is 0.273 e. The first-order valence-electron chi connectivity index (χ1n) is 4.42. The quantitative estimate of drug-likeness (QED) is 0.817. The van der Waals surface area contributed by atoms with E-state index < -0.39 is 17.5 Å². The Bertz CT molecular complexity index is 511. The molecular formula is C10H7F2N3O. The van der Waals surface area contributed by atoms with Gasteiger partial charge in [-0.3, -0.25) is 9.89 Å². The van der Waals surface area contributed by atoms with Crippen molar-refractivity contribution in [3.8, 4) is 0 Å². The molecule has 0 unspecified atom stereocenters. The number of nitrogens with one attached hydrogen (secondary N) is 2. The minimum absolute atomic E-state index is 0.179. The Hall–Kier alpha value is -2.24. The van der Waals surface area contributed by atoms with Gasteiger partial charge in [0.25, 0.3) is 5.91 Å². The van der Waals surface area contributed by atoms with E-state index in [1.54, 1.807) is 0 Å². The molecule has 1 aromatic heterocycles. The number of hydrogen-bond acceptors (Lipinski definition) is 2. The van der Waals surface area contributed by atoms with E-state index in [0.717, 1.165) is 12.1 Å². The number of hydrogen-bond donors (Lipinski definition) is 2. The number of carbonyl (C=O) groups is 1. The lowest BCUT2D eigenvalue weighted by Gasteiger charge is -2.03. The number of halogens is 2. The summed E-state index contributed by atoms with van der Waals surface area (Å²) in [5.74, 6) is -2.44. The first-order valence-corrected chi connectivity index (χ1v) is 4.42. The molecule has 0 aliphatic rings. The molecule has 0 saturated heterocycles. The van der Waals surface area contributed by atoms with Gasteiger partial charge in [-0.2, -0.15) is 5.10 Å². The van der Waals surface area contributed by atoms with Crippen LogP contribution >= 0.6 is 0 Å². The number of benzene rings is 1. The molecule has 1 amide bonds. The molecule has 4 nitrogen and oxygen atoms in total. The Morgan fingerprint density at radius 3 is 2.69 bits per heavy atom. The Kier molecular flexibility index (Phi) is 2.63. The van der Waals surface area contributed by atoms with E-state index >= 15 is 0 Å². The highest BCUT2D eigenvalue weighted by molar-refractivity contribution is 6.02. The summed E-state index contributed by atoms with van der Waals surface area (Å²) in [4.78, 5) is 11.5. The maximum absolute atomic E-state index is 12.8. The van der Waals surface area contributed by atoms with E-state index in [1.807, 2.05) is 0 Å². The molecular weight excluding hydrogens is 216 g/mol. The van der Waals surface area contributed by atoms with Crippen molar-refractivity contribution in [2.24, 2.45) is 0 Å². The number of anilines is 1. The number of carbonyl (C=O) groups excluding carboxylic acids is 1. The normalized spacial score (nSPS) is 10.1. The smallest absolute Gasteiger partial charge is 0.273 e. The number of nitrogens with zero attached hydrogens (tertiary/aromatic N) is 1. The van der Waals surface area contributed by atoms with Crippen molar-refractivity contribution in [1.29, 1.82) is 0 Å². The van der Waals surface area contributed by atoms with Crippen molar-refractivity contribution in [3.05, 3.63) is 47.8 Å². The lowest BCUT2D eigenvalue weighted by molar-refractivity contribution is 0.102. The summed E-state index contributed by atoms with van der Waals surface area (Å²) in [5.41, 5.74) is 0.420. The van der Waals surface area contributed by atoms with E-state index in [-0.39, 0.29) is 11.4 Å². The fourth-order valence-corrected chi connectivity index (χ4v) is 1.15. The molecule has 16 heavy (non-hydrogen) atoms. The molecule has 0 bridgehead atoms. The summed E-state index contributed by atoms with van der Waals surface area (Å²) < 4.78 is 25.4. The first kappa shape index (κ1) is 10.3. The second kappa shape index (κ2) is 4.09. The number of H-pyrrole nitrogens is 1. The monoisotopic (exact) mass is 223 g/mol. The Balaban J connectivity index is 2.15. The molecule has 6 heteroatoms. The summed E-state index contributed by atoms with van der Waals surface area (Å²) in [6, 6.07) is 4.59. The molecule has 82 valence electrons. The van der Waals surface area contributed by atoms with Gasteiger partial charge < -0.3 is 5.32 Å². The molecule has 0 fully saturated rings. The fraction of sp³-hybridized carbons (Fsp3) is 0. The molecule has 0 radical (unpaired) electrons. The molecule has 2 rings (SSSR count). The van der Waals surface area contributed by atoms with Crippen LogP contribution in [-0.4, -0.2) is 16.1 Å². The number of amides is 1. The van der Waals surface area contributed by atoms with E-state index in [1.165, 1.54) is 18.3 Å². The minimum Gasteiger partial charge on any atom is -0.321 e. The maximum atomic E-state index is 12.8. The Labute approximate surface area is 89.3 Å². The van der Waals surface area contributed by atoms with Gasteiger partial charge in [-0.25, -0.2) is 8.78 Å². The van der Waals surface area contributed by atoms with Crippen LogP contribution in [0.2, 0.25) is 0 Å². The highest BCUT2D eigenvalue weighted by atomic mass is 19.2. The summed E-state index contributed by atoms with van der Waals surface area (Å²) >= 11 is 0. The molecule has 1 heterocycles. The molecule has 0 spiro atoms. The van der Waals surface area contributed by atoms with Crippen LogP contribution in [0.5, 0.6) is 0 Å². The van der Waals surface area contributed by atoms with Crippen molar-refractivity contribution in [2.45, 2.75) is 0 Å². The van der Waals surface area contributed by atoms with Gasteiger partial charge in [-0.1, -0.05) is 0 Å². The van der Waals surface area contributed by atoms with Gasteiger partial charge in [0.2, 0.25) is 0 Å². The highest BCUT2D eigenvalue weighted by Crippen LogP contribution is 2.13. The third kappa shape index (κ3) is 2.05. The largest absolute Gasteiger partial charge is 0.321 e. The van der Waals surface area contributed by atoms with E-state index in [9.17, 15) is 13.6 Å². The van der Waals surface area contributed by atoms with Crippen LogP contribution < -0.4 is 5.32 Å². The van der Waals surface area contributed by atoms with Crippen LogP contribution in [0.1, 0.15) is 10.5 Å². The van der Waals surface area contributed by atoms with Gasteiger partial charge in [-0.15, -0.1) is 0 Å². The van der Waals surface area contributed by atoms with E-state index in [4.69, 9.17) is 0 Å². The van der Waals surface area contributed by atoms with E-state index in [2.05, 4.69) is 15.5 Å². The van der Waals surface area contributed by atoms with Gasteiger partial charge >= 0.3 is 0 Å². The third-order valence-electron chi connectivity index (χ3n) is 1.92. The van der Waals surface area contributed by atoms with Gasteiger partial charge in [0.15, 0.2) is 11.6 Å². The zero-order valence-corrected chi connectivity index (χ0v) is 8.00. The first-order chi connectivity index (χ1) is 7.66. The third-order valence-corrected chi connectivity index (χ3v) is 1.92. The summed E-state index contributed by atoms with van der Waals surface area (Å²) in [5, 5.41) is 8.45. The van der Waals surface area contributed by atoms with Crippen molar-refractivity contribution in [2.75, 3.05) is 5.32 Å². The SMILES string of the molecule is O=C(Nc1ccc(F)c(F)c1)c1ccn[nH]1. The zero-order valence-electron chi connectivity index (χ0n) is 8.00. The van der Waals surface area contributed by atoms with Crippen molar-refractivity contribution >= 4 is 11.6 Å². The van der Waals surface area contributed by atoms with Crippen LogP contribution in [0.4, 0.5) is 14.5 Å². The number of aromatic nitrogens is 2. The van der Waals surface area contributed by atoms with Crippen LogP contribution in [-0.2, 0) is 0 Å². The second-order valence-corrected chi connectivity index (χ2v) is 3.05. The molecule has 2 N–H and O–H groups in total. The molecule has 0 saturated carbocycles. The van der Waals surface area contributed by atoms with Crippen molar-refractivity contribution < 1.29 is 13.6 Å². The molecule has 1 aromatic carbocycles. The Morgan fingerprint density at radius 2 is 2.06 bits per heavy atom.